The molecule has 0 radical (unpaired) electrons. The number of methoxy groups -OCH3 is 2. The first kappa shape index (κ1) is 13.7. The van der Waals surface area contributed by atoms with Gasteiger partial charge in [0.05, 0.1) is 19.9 Å². The minimum absolute atomic E-state index is 0.179. The number of fused-ring (bicyclic) bond motifs is 1. The standard InChI is InChI=1S/C15H21NO3/c1-4-6-15(17)16-8-5-7-12-13(16)9-11(18-2)10-14(12)19-3/h9-10H,4-8H2,1-3H3. The third-order valence-electron chi connectivity index (χ3n) is 3.48. The van der Waals surface area contributed by atoms with Gasteiger partial charge < -0.3 is 14.4 Å². The molecule has 19 heavy (non-hydrogen) atoms. The Kier molecular flexibility index (Phi) is 4.30. The van der Waals surface area contributed by atoms with E-state index < -0.39 is 0 Å². The molecule has 4 nitrogen and oxygen atoms in total. The summed E-state index contributed by atoms with van der Waals surface area (Å²) in [7, 11) is 3.28. The van der Waals surface area contributed by atoms with E-state index in [1.807, 2.05) is 24.0 Å². The summed E-state index contributed by atoms with van der Waals surface area (Å²) in [6.07, 6.45) is 3.37. The van der Waals surface area contributed by atoms with Gasteiger partial charge in [-0.3, -0.25) is 4.79 Å². The number of anilines is 1. The van der Waals surface area contributed by atoms with E-state index in [9.17, 15) is 4.79 Å². The monoisotopic (exact) mass is 263 g/mol. The van der Waals surface area contributed by atoms with Crippen LogP contribution < -0.4 is 14.4 Å². The van der Waals surface area contributed by atoms with Gasteiger partial charge in [-0.2, -0.15) is 0 Å². The molecule has 0 aliphatic carbocycles. The fourth-order valence-electron chi connectivity index (χ4n) is 2.54. The largest absolute Gasteiger partial charge is 0.497 e. The highest BCUT2D eigenvalue weighted by atomic mass is 16.5. The number of amides is 1. The van der Waals surface area contributed by atoms with Crippen LogP contribution >= 0.6 is 0 Å². The van der Waals surface area contributed by atoms with E-state index in [0.29, 0.717) is 6.42 Å². The predicted octanol–water partition coefficient (Wildman–Crippen LogP) is 2.78. The van der Waals surface area contributed by atoms with Crippen molar-refractivity contribution in [2.75, 3.05) is 25.7 Å². The van der Waals surface area contributed by atoms with Crippen LogP contribution in [0.2, 0.25) is 0 Å². The average Bonchev–Trinajstić information content (AvgIpc) is 2.45. The second-order valence-electron chi connectivity index (χ2n) is 4.73. The quantitative estimate of drug-likeness (QED) is 0.838. The summed E-state index contributed by atoms with van der Waals surface area (Å²) in [5, 5.41) is 0. The lowest BCUT2D eigenvalue weighted by Crippen LogP contribution is -2.35. The van der Waals surface area contributed by atoms with Crippen LogP contribution in [-0.4, -0.2) is 26.7 Å². The molecule has 1 aromatic rings. The van der Waals surface area contributed by atoms with E-state index in [2.05, 4.69) is 0 Å². The zero-order chi connectivity index (χ0) is 13.8. The van der Waals surface area contributed by atoms with Crippen molar-refractivity contribution in [1.82, 2.24) is 0 Å². The Hall–Kier alpha value is -1.71. The van der Waals surface area contributed by atoms with Crippen LogP contribution in [0, 0.1) is 0 Å². The predicted molar refractivity (Wildman–Crippen MR) is 75.1 cm³/mol. The van der Waals surface area contributed by atoms with Gasteiger partial charge in [0, 0.05) is 30.7 Å². The molecule has 0 N–H and O–H groups in total. The van der Waals surface area contributed by atoms with Crippen LogP contribution in [0.15, 0.2) is 12.1 Å². The van der Waals surface area contributed by atoms with Crippen LogP contribution in [0.4, 0.5) is 5.69 Å². The lowest BCUT2D eigenvalue weighted by Gasteiger charge is -2.31. The molecule has 0 bridgehead atoms. The molecule has 0 unspecified atom stereocenters. The zero-order valence-electron chi connectivity index (χ0n) is 11.9. The summed E-state index contributed by atoms with van der Waals surface area (Å²) in [6, 6.07) is 3.82. The van der Waals surface area contributed by atoms with Gasteiger partial charge in [-0.25, -0.2) is 0 Å². The Morgan fingerprint density at radius 2 is 2.11 bits per heavy atom. The lowest BCUT2D eigenvalue weighted by atomic mass is 9.99. The molecule has 2 rings (SSSR count). The van der Waals surface area contributed by atoms with Gasteiger partial charge >= 0.3 is 0 Å². The van der Waals surface area contributed by atoms with Gasteiger partial charge in [0.2, 0.25) is 5.91 Å². The van der Waals surface area contributed by atoms with Crippen molar-refractivity contribution in [1.29, 1.82) is 0 Å². The van der Waals surface area contributed by atoms with Gasteiger partial charge in [0.25, 0.3) is 0 Å². The Balaban J connectivity index is 2.44. The molecule has 0 aromatic heterocycles. The van der Waals surface area contributed by atoms with Gasteiger partial charge in [-0.15, -0.1) is 0 Å². The molecule has 0 saturated carbocycles. The minimum Gasteiger partial charge on any atom is -0.497 e. The second kappa shape index (κ2) is 5.95. The number of benzene rings is 1. The molecule has 4 heteroatoms. The number of ether oxygens (including phenoxy) is 2. The van der Waals surface area contributed by atoms with E-state index in [4.69, 9.17) is 9.47 Å². The van der Waals surface area contributed by atoms with E-state index in [1.54, 1.807) is 14.2 Å². The van der Waals surface area contributed by atoms with Crippen molar-refractivity contribution in [3.63, 3.8) is 0 Å². The number of carbonyl (C=O) groups excluding carboxylic acids is 1. The van der Waals surface area contributed by atoms with Crippen molar-refractivity contribution < 1.29 is 14.3 Å². The number of carbonyl (C=O) groups is 1. The Bertz CT molecular complexity index is 471. The van der Waals surface area contributed by atoms with Gasteiger partial charge in [0.15, 0.2) is 0 Å². The molecule has 0 saturated heterocycles. The summed E-state index contributed by atoms with van der Waals surface area (Å²) in [5.41, 5.74) is 2.06. The van der Waals surface area contributed by atoms with Crippen LogP contribution in [-0.2, 0) is 11.2 Å². The fourth-order valence-corrected chi connectivity index (χ4v) is 2.54. The lowest BCUT2D eigenvalue weighted by molar-refractivity contribution is -0.118. The van der Waals surface area contributed by atoms with Gasteiger partial charge in [0.1, 0.15) is 11.5 Å². The van der Waals surface area contributed by atoms with E-state index in [1.165, 1.54) is 0 Å². The van der Waals surface area contributed by atoms with Crippen LogP contribution in [0.1, 0.15) is 31.7 Å². The van der Waals surface area contributed by atoms with Crippen LogP contribution in [0.5, 0.6) is 11.5 Å². The highest BCUT2D eigenvalue weighted by Crippen LogP contribution is 2.38. The summed E-state index contributed by atoms with van der Waals surface area (Å²) in [4.78, 5) is 14.1. The molecule has 1 aliphatic rings. The molecule has 104 valence electrons. The van der Waals surface area contributed by atoms with E-state index in [-0.39, 0.29) is 5.91 Å². The molecular formula is C15H21NO3. The Labute approximate surface area is 114 Å². The normalized spacial score (nSPS) is 13.9. The zero-order valence-corrected chi connectivity index (χ0v) is 11.9. The third-order valence-corrected chi connectivity index (χ3v) is 3.48. The maximum atomic E-state index is 12.2. The van der Waals surface area contributed by atoms with E-state index in [0.717, 1.165) is 48.6 Å². The summed E-state index contributed by atoms with van der Waals surface area (Å²) >= 11 is 0. The van der Waals surface area contributed by atoms with Gasteiger partial charge in [-0.1, -0.05) is 6.92 Å². The number of hydrogen-bond acceptors (Lipinski definition) is 3. The van der Waals surface area contributed by atoms with Crippen molar-refractivity contribution in [2.24, 2.45) is 0 Å². The number of rotatable bonds is 4. The van der Waals surface area contributed by atoms with Crippen molar-refractivity contribution in [3.05, 3.63) is 17.7 Å². The summed E-state index contributed by atoms with van der Waals surface area (Å²) in [5.74, 6) is 1.72. The average molecular weight is 263 g/mol. The number of hydrogen-bond donors (Lipinski definition) is 0. The van der Waals surface area contributed by atoms with Crippen molar-refractivity contribution >= 4 is 11.6 Å². The van der Waals surface area contributed by atoms with Gasteiger partial charge in [-0.05, 0) is 19.3 Å². The maximum Gasteiger partial charge on any atom is 0.226 e. The molecular weight excluding hydrogens is 242 g/mol. The highest BCUT2D eigenvalue weighted by Gasteiger charge is 2.25. The third kappa shape index (κ3) is 2.67. The highest BCUT2D eigenvalue weighted by molar-refractivity contribution is 5.95. The summed E-state index contributed by atoms with van der Waals surface area (Å²) < 4.78 is 10.7. The topological polar surface area (TPSA) is 38.8 Å². The maximum absolute atomic E-state index is 12.2. The molecule has 1 heterocycles. The molecule has 1 aliphatic heterocycles. The molecule has 1 aromatic carbocycles. The molecule has 0 spiro atoms. The van der Waals surface area contributed by atoms with Crippen molar-refractivity contribution in [3.8, 4) is 11.5 Å². The molecule has 1 amide bonds. The first-order valence-corrected chi connectivity index (χ1v) is 6.76. The Morgan fingerprint density at radius 1 is 1.32 bits per heavy atom. The van der Waals surface area contributed by atoms with Crippen LogP contribution in [0.3, 0.4) is 0 Å². The first-order chi connectivity index (χ1) is 9.21. The SMILES string of the molecule is CCCC(=O)N1CCCc2c(OC)cc(OC)cc21. The number of nitrogens with zero attached hydrogens (tertiary/aromatic N) is 1. The summed E-state index contributed by atoms with van der Waals surface area (Å²) in [6.45, 7) is 2.80. The smallest absolute Gasteiger partial charge is 0.226 e. The molecule has 0 atom stereocenters. The first-order valence-electron chi connectivity index (χ1n) is 6.76. The minimum atomic E-state index is 0.179. The fraction of sp³-hybridized carbons (Fsp3) is 0.533. The van der Waals surface area contributed by atoms with Crippen molar-refractivity contribution in [2.45, 2.75) is 32.6 Å². The van der Waals surface area contributed by atoms with Crippen LogP contribution in [0.25, 0.3) is 0 Å². The van der Waals surface area contributed by atoms with E-state index >= 15 is 0 Å². The second-order valence-corrected chi connectivity index (χ2v) is 4.73. The molecule has 0 fully saturated rings. The Morgan fingerprint density at radius 3 is 2.74 bits per heavy atom.